The Kier molecular flexibility index (Phi) is 4.61. The number of halogens is 1. The van der Waals surface area contributed by atoms with E-state index in [1.54, 1.807) is 0 Å². The molecule has 5 heteroatoms. The smallest absolute Gasteiger partial charge is 0.209 e. The Morgan fingerprint density at radius 1 is 1.12 bits per heavy atom. The average molecular weight is 400 g/mol. The summed E-state index contributed by atoms with van der Waals surface area (Å²) in [6.45, 7) is 5.49. The molecular weight excluding hydrogens is 378 g/mol. The molecule has 1 fully saturated rings. The lowest BCUT2D eigenvalue weighted by Crippen LogP contribution is -2.47. The first-order chi connectivity index (χ1) is 12.2. The van der Waals surface area contributed by atoms with Crippen LogP contribution in [0.2, 0.25) is 0 Å². The number of piperazine rings is 1. The van der Waals surface area contributed by atoms with Crippen LogP contribution in [-0.2, 0) is 17.6 Å². The zero-order valence-electron chi connectivity index (χ0n) is 14.4. The van der Waals surface area contributed by atoms with Crippen molar-refractivity contribution in [3.63, 3.8) is 0 Å². The van der Waals surface area contributed by atoms with Crippen molar-refractivity contribution in [2.45, 2.75) is 25.8 Å². The molecule has 1 aliphatic carbocycles. The summed E-state index contributed by atoms with van der Waals surface area (Å²) in [5, 5.41) is 0. The molecule has 0 radical (unpaired) electrons. The summed E-state index contributed by atoms with van der Waals surface area (Å²) in [7, 11) is 0. The fourth-order valence-corrected chi connectivity index (χ4v) is 4.42. The number of amides is 1. The predicted molar refractivity (Wildman–Crippen MR) is 102 cm³/mol. The molecule has 1 saturated heterocycles. The molecule has 0 bridgehead atoms. The van der Waals surface area contributed by atoms with Crippen LogP contribution < -0.4 is 0 Å². The van der Waals surface area contributed by atoms with Crippen LogP contribution in [0.4, 0.5) is 0 Å². The summed E-state index contributed by atoms with van der Waals surface area (Å²) in [6.07, 6.45) is 4.94. The number of carbonyl (C=O) groups excluding carboxylic acids is 1. The fourth-order valence-electron chi connectivity index (χ4n) is 4.04. The number of hydrogen-bond donors (Lipinski definition) is 0. The van der Waals surface area contributed by atoms with E-state index in [1.165, 1.54) is 27.9 Å². The molecule has 0 saturated carbocycles. The van der Waals surface area contributed by atoms with Gasteiger partial charge in [0, 0.05) is 36.8 Å². The third-order valence-electron chi connectivity index (χ3n) is 5.35. The third kappa shape index (κ3) is 3.23. The largest absolute Gasteiger partial charge is 0.343 e. The standard InChI is InChI=1S/C20H22BrN3O/c1-14-2-5-18-15(10-14)3-4-16-11-17(21)12-22-19(16)20(18)24-8-6-23(13-25)7-9-24/h2,5,10-13,20H,3-4,6-9H2,1H3. The summed E-state index contributed by atoms with van der Waals surface area (Å²) in [5.74, 6) is 0. The van der Waals surface area contributed by atoms with Gasteiger partial charge in [-0.25, -0.2) is 0 Å². The van der Waals surface area contributed by atoms with Crippen molar-refractivity contribution in [3.05, 3.63) is 62.9 Å². The lowest BCUT2D eigenvalue weighted by molar-refractivity contribution is -0.119. The SMILES string of the molecule is Cc1ccc2c(c1)CCc1cc(Br)cnc1C2N1CCN(C=O)CC1. The van der Waals surface area contributed by atoms with Crippen molar-refractivity contribution in [3.8, 4) is 0 Å². The normalized spacial score (nSPS) is 20.6. The Labute approximate surface area is 157 Å². The van der Waals surface area contributed by atoms with Crippen LogP contribution in [0.3, 0.4) is 0 Å². The van der Waals surface area contributed by atoms with Gasteiger partial charge >= 0.3 is 0 Å². The molecule has 4 rings (SSSR count). The zero-order valence-corrected chi connectivity index (χ0v) is 16.0. The van der Waals surface area contributed by atoms with E-state index in [-0.39, 0.29) is 6.04 Å². The molecule has 1 aromatic carbocycles. The topological polar surface area (TPSA) is 36.4 Å². The highest BCUT2D eigenvalue weighted by Crippen LogP contribution is 2.37. The van der Waals surface area contributed by atoms with Crippen molar-refractivity contribution >= 4 is 22.3 Å². The van der Waals surface area contributed by atoms with Crippen LogP contribution in [0.25, 0.3) is 0 Å². The summed E-state index contributed by atoms with van der Waals surface area (Å²) >= 11 is 3.57. The van der Waals surface area contributed by atoms with Crippen LogP contribution in [0.1, 0.15) is 34.0 Å². The third-order valence-corrected chi connectivity index (χ3v) is 5.78. The van der Waals surface area contributed by atoms with E-state index in [0.717, 1.165) is 49.9 Å². The highest BCUT2D eigenvalue weighted by Gasteiger charge is 2.32. The molecule has 1 amide bonds. The Morgan fingerprint density at radius 2 is 1.88 bits per heavy atom. The molecule has 1 aliphatic heterocycles. The Bertz CT molecular complexity index is 746. The molecule has 0 N–H and O–H groups in total. The molecule has 1 atom stereocenters. The summed E-state index contributed by atoms with van der Waals surface area (Å²) < 4.78 is 1.04. The van der Waals surface area contributed by atoms with Crippen molar-refractivity contribution in [2.75, 3.05) is 26.2 Å². The van der Waals surface area contributed by atoms with Gasteiger partial charge in [0.05, 0.1) is 11.7 Å². The van der Waals surface area contributed by atoms with Gasteiger partial charge in [-0.3, -0.25) is 14.7 Å². The maximum atomic E-state index is 11.1. The van der Waals surface area contributed by atoms with E-state index in [0.29, 0.717) is 0 Å². The quantitative estimate of drug-likeness (QED) is 0.727. The van der Waals surface area contributed by atoms with Gasteiger partial charge in [0.15, 0.2) is 0 Å². The number of aromatic nitrogens is 1. The second-order valence-electron chi connectivity index (χ2n) is 6.98. The second kappa shape index (κ2) is 6.89. The summed E-state index contributed by atoms with van der Waals surface area (Å²) in [6, 6.07) is 9.20. The van der Waals surface area contributed by atoms with Gasteiger partial charge in [-0.15, -0.1) is 0 Å². The van der Waals surface area contributed by atoms with Crippen LogP contribution >= 0.6 is 15.9 Å². The van der Waals surface area contributed by atoms with E-state index in [4.69, 9.17) is 4.98 Å². The van der Waals surface area contributed by atoms with Crippen molar-refractivity contribution in [1.82, 2.24) is 14.8 Å². The number of aryl methyl sites for hydroxylation is 3. The molecule has 1 unspecified atom stereocenters. The van der Waals surface area contributed by atoms with E-state index >= 15 is 0 Å². The van der Waals surface area contributed by atoms with E-state index in [9.17, 15) is 4.79 Å². The first kappa shape index (κ1) is 16.7. The number of rotatable bonds is 2. The molecule has 25 heavy (non-hydrogen) atoms. The fraction of sp³-hybridized carbons (Fsp3) is 0.400. The van der Waals surface area contributed by atoms with Gasteiger partial charge in [0.1, 0.15) is 0 Å². The highest BCUT2D eigenvalue weighted by molar-refractivity contribution is 9.10. The second-order valence-corrected chi connectivity index (χ2v) is 7.90. The summed E-state index contributed by atoms with van der Waals surface area (Å²) in [4.78, 5) is 20.2. The van der Waals surface area contributed by atoms with Gasteiger partial charge in [-0.1, -0.05) is 23.8 Å². The lowest BCUT2D eigenvalue weighted by atomic mass is 9.95. The van der Waals surface area contributed by atoms with Gasteiger partial charge in [0.2, 0.25) is 6.41 Å². The maximum Gasteiger partial charge on any atom is 0.209 e. The van der Waals surface area contributed by atoms with Crippen molar-refractivity contribution < 1.29 is 4.79 Å². The van der Waals surface area contributed by atoms with Gasteiger partial charge in [0.25, 0.3) is 0 Å². The minimum Gasteiger partial charge on any atom is -0.343 e. The Hall–Kier alpha value is -1.72. The van der Waals surface area contributed by atoms with Gasteiger partial charge < -0.3 is 4.90 Å². The zero-order chi connectivity index (χ0) is 17.4. The van der Waals surface area contributed by atoms with Crippen LogP contribution in [0.5, 0.6) is 0 Å². The minimum atomic E-state index is 0.176. The number of carbonyl (C=O) groups is 1. The first-order valence-corrected chi connectivity index (χ1v) is 9.62. The molecule has 1 aromatic heterocycles. The minimum absolute atomic E-state index is 0.176. The Balaban J connectivity index is 1.79. The van der Waals surface area contributed by atoms with Crippen LogP contribution in [0, 0.1) is 6.92 Å². The summed E-state index contributed by atoms with van der Waals surface area (Å²) in [5.41, 5.74) is 6.61. The lowest BCUT2D eigenvalue weighted by Gasteiger charge is -2.38. The number of hydrogen-bond acceptors (Lipinski definition) is 3. The molecule has 0 spiro atoms. The highest BCUT2D eigenvalue weighted by atomic mass is 79.9. The number of nitrogens with zero attached hydrogens (tertiary/aromatic N) is 3. The first-order valence-electron chi connectivity index (χ1n) is 8.83. The monoisotopic (exact) mass is 399 g/mol. The van der Waals surface area contributed by atoms with E-state index < -0.39 is 0 Å². The average Bonchev–Trinajstić information content (AvgIpc) is 2.78. The van der Waals surface area contributed by atoms with E-state index in [1.807, 2.05) is 11.1 Å². The molecule has 2 aliphatic rings. The van der Waals surface area contributed by atoms with Gasteiger partial charge in [-0.05, 0) is 58.5 Å². The van der Waals surface area contributed by atoms with Gasteiger partial charge in [-0.2, -0.15) is 0 Å². The Morgan fingerprint density at radius 3 is 2.64 bits per heavy atom. The van der Waals surface area contributed by atoms with E-state index in [2.05, 4.69) is 52.0 Å². The number of pyridine rings is 1. The number of benzene rings is 1. The van der Waals surface area contributed by atoms with Crippen molar-refractivity contribution in [1.29, 1.82) is 0 Å². The molecule has 130 valence electrons. The number of fused-ring (bicyclic) bond motifs is 2. The molecule has 2 heterocycles. The molecular formula is C20H22BrN3O. The molecule has 4 nitrogen and oxygen atoms in total. The van der Waals surface area contributed by atoms with Crippen molar-refractivity contribution in [2.24, 2.45) is 0 Å². The maximum absolute atomic E-state index is 11.1. The van der Waals surface area contributed by atoms with Crippen LogP contribution in [-0.4, -0.2) is 47.4 Å². The van der Waals surface area contributed by atoms with Crippen LogP contribution in [0.15, 0.2) is 34.9 Å². The predicted octanol–water partition coefficient (Wildman–Crippen LogP) is 3.11. The molecule has 2 aromatic rings.